The number of carbonyl (C=O) groups excluding carboxylic acids is 3. The van der Waals surface area contributed by atoms with Gasteiger partial charge in [0.25, 0.3) is 0 Å². The van der Waals surface area contributed by atoms with E-state index >= 15 is 0 Å². The molecule has 2 aromatic carbocycles. The molecular formula is C21H16ClN3O4S. The summed E-state index contributed by atoms with van der Waals surface area (Å²) in [5, 5.41) is 8.67. The monoisotopic (exact) mass is 441 g/mol. The first-order valence-electron chi connectivity index (χ1n) is 8.70. The van der Waals surface area contributed by atoms with Gasteiger partial charge in [0, 0.05) is 16.3 Å². The highest BCUT2D eigenvalue weighted by Gasteiger charge is 2.16. The van der Waals surface area contributed by atoms with Crippen LogP contribution in [0.2, 0.25) is 5.02 Å². The number of anilines is 1. The van der Waals surface area contributed by atoms with E-state index in [4.69, 9.17) is 16.3 Å². The molecule has 9 heteroatoms. The van der Waals surface area contributed by atoms with Crippen LogP contribution in [0.4, 0.5) is 5.69 Å². The van der Waals surface area contributed by atoms with Crippen LogP contribution < -0.4 is 15.5 Å². The molecule has 0 aliphatic heterocycles. The van der Waals surface area contributed by atoms with E-state index < -0.39 is 17.8 Å². The molecule has 1 heterocycles. The van der Waals surface area contributed by atoms with E-state index in [-0.39, 0.29) is 5.75 Å². The SMILES string of the molecule is C/C(=N\NC(=O)C(=O)Nc1ccc(Cl)cc1)c1ccccc1OC(=O)c1cccs1. The van der Waals surface area contributed by atoms with E-state index in [1.807, 2.05) is 0 Å². The summed E-state index contributed by atoms with van der Waals surface area (Å²) in [6.07, 6.45) is 0. The second-order valence-corrected chi connectivity index (χ2v) is 7.35. The van der Waals surface area contributed by atoms with Gasteiger partial charge in [-0.05, 0) is 54.8 Å². The maximum absolute atomic E-state index is 12.2. The Bertz CT molecular complexity index is 1100. The molecule has 0 aliphatic rings. The molecule has 3 aromatic rings. The van der Waals surface area contributed by atoms with Gasteiger partial charge in [0.05, 0.1) is 5.71 Å². The molecule has 2 amide bonds. The topological polar surface area (TPSA) is 96.9 Å². The van der Waals surface area contributed by atoms with Crippen molar-refractivity contribution in [1.29, 1.82) is 0 Å². The number of halogens is 1. The van der Waals surface area contributed by atoms with E-state index in [9.17, 15) is 14.4 Å². The van der Waals surface area contributed by atoms with E-state index in [2.05, 4.69) is 15.8 Å². The van der Waals surface area contributed by atoms with E-state index in [1.165, 1.54) is 11.3 Å². The largest absolute Gasteiger partial charge is 0.422 e. The van der Waals surface area contributed by atoms with Gasteiger partial charge >= 0.3 is 17.8 Å². The Morgan fingerprint density at radius 3 is 2.40 bits per heavy atom. The van der Waals surface area contributed by atoms with Gasteiger partial charge in [-0.1, -0.05) is 29.8 Å². The van der Waals surface area contributed by atoms with E-state index in [1.54, 1.807) is 73.0 Å². The molecule has 1 aromatic heterocycles. The first-order chi connectivity index (χ1) is 14.4. The Hall–Kier alpha value is -3.49. The molecule has 0 spiro atoms. The Morgan fingerprint density at radius 1 is 0.967 bits per heavy atom. The molecule has 0 unspecified atom stereocenters. The molecule has 0 bridgehead atoms. The molecule has 30 heavy (non-hydrogen) atoms. The van der Waals surface area contributed by atoms with Crippen molar-refractivity contribution in [3.63, 3.8) is 0 Å². The third kappa shape index (κ3) is 5.53. The van der Waals surface area contributed by atoms with Gasteiger partial charge in [-0.25, -0.2) is 10.2 Å². The smallest absolute Gasteiger partial charge is 0.353 e. The van der Waals surface area contributed by atoms with Crippen LogP contribution in [-0.4, -0.2) is 23.5 Å². The van der Waals surface area contributed by atoms with Crippen molar-refractivity contribution < 1.29 is 19.1 Å². The molecule has 0 aliphatic carbocycles. The second-order valence-electron chi connectivity index (χ2n) is 5.96. The van der Waals surface area contributed by atoms with Gasteiger partial charge in [0.15, 0.2) is 0 Å². The average molecular weight is 442 g/mol. The summed E-state index contributed by atoms with van der Waals surface area (Å²) in [5.74, 6) is -2.03. The molecule has 0 radical (unpaired) electrons. The minimum atomic E-state index is -0.947. The summed E-state index contributed by atoms with van der Waals surface area (Å²) in [7, 11) is 0. The predicted molar refractivity (Wildman–Crippen MR) is 116 cm³/mol. The minimum Gasteiger partial charge on any atom is -0.422 e. The van der Waals surface area contributed by atoms with E-state index in [0.29, 0.717) is 26.9 Å². The van der Waals surface area contributed by atoms with Crippen molar-refractivity contribution in [3.05, 3.63) is 81.5 Å². The Labute approximate surface area is 181 Å². The van der Waals surface area contributed by atoms with Crippen LogP contribution >= 0.6 is 22.9 Å². The fourth-order valence-corrected chi connectivity index (χ4v) is 3.09. The Morgan fingerprint density at radius 2 is 1.70 bits per heavy atom. The van der Waals surface area contributed by atoms with Crippen LogP contribution in [0.15, 0.2) is 71.1 Å². The van der Waals surface area contributed by atoms with Crippen LogP contribution in [0.5, 0.6) is 5.75 Å². The van der Waals surface area contributed by atoms with Gasteiger partial charge < -0.3 is 10.1 Å². The third-order valence-electron chi connectivity index (χ3n) is 3.84. The summed E-state index contributed by atoms with van der Waals surface area (Å²) in [6.45, 7) is 1.62. The number of para-hydroxylation sites is 1. The number of benzene rings is 2. The highest BCUT2D eigenvalue weighted by Crippen LogP contribution is 2.21. The Balaban J connectivity index is 1.66. The number of esters is 1. The molecule has 0 fully saturated rings. The van der Waals surface area contributed by atoms with Crippen LogP contribution in [0.25, 0.3) is 0 Å². The number of thiophene rings is 1. The number of nitrogens with zero attached hydrogens (tertiary/aromatic N) is 1. The molecule has 152 valence electrons. The fourth-order valence-electron chi connectivity index (χ4n) is 2.37. The van der Waals surface area contributed by atoms with Crippen molar-refractivity contribution >= 4 is 52.1 Å². The molecular weight excluding hydrogens is 426 g/mol. The fraction of sp³-hybridized carbons (Fsp3) is 0.0476. The maximum Gasteiger partial charge on any atom is 0.353 e. The van der Waals surface area contributed by atoms with Crippen molar-refractivity contribution in [2.75, 3.05) is 5.32 Å². The number of hydrogen-bond acceptors (Lipinski definition) is 6. The molecule has 0 saturated carbocycles. The summed E-state index contributed by atoms with van der Waals surface area (Å²) in [5.41, 5.74) is 3.47. The predicted octanol–water partition coefficient (Wildman–Crippen LogP) is 4.10. The molecule has 0 atom stereocenters. The Kier molecular flexibility index (Phi) is 6.95. The molecule has 2 N–H and O–H groups in total. The first-order valence-corrected chi connectivity index (χ1v) is 9.96. The number of rotatable bonds is 5. The first kappa shape index (κ1) is 21.2. The van der Waals surface area contributed by atoms with Gasteiger partial charge in [-0.15, -0.1) is 11.3 Å². The minimum absolute atomic E-state index is 0.289. The lowest BCUT2D eigenvalue weighted by atomic mass is 10.1. The quantitative estimate of drug-likeness (QED) is 0.205. The van der Waals surface area contributed by atoms with Crippen LogP contribution in [0, 0.1) is 0 Å². The summed E-state index contributed by atoms with van der Waals surface area (Å²) in [6, 6.07) is 16.5. The second kappa shape index (κ2) is 9.82. The zero-order valence-electron chi connectivity index (χ0n) is 15.7. The van der Waals surface area contributed by atoms with E-state index in [0.717, 1.165) is 0 Å². The number of amides is 2. The maximum atomic E-state index is 12.2. The lowest BCUT2D eigenvalue weighted by Gasteiger charge is -2.09. The van der Waals surface area contributed by atoms with Crippen molar-refractivity contribution in [2.24, 2.45) is 5.10 Å². The van der Waals surface area contributed by atoms with Crippen molar-refractivity contribution in [3.8, 4) is 5.75 Å². The van der Waals surface area contributed by atoms with Gasteiger partial charge in [0.2, 0.25) is 0 Å². The number of nitrogens with one attached hydrogen (secondary N) is 2. The standard InChI is InChI=1S/C21H16ClN3O4S/c1-13(24-25-20(27)19(26)23-15-10-8-14(22)9-11-15)16-5-2-3-6-17(16)29-21(28)18-7-4-12-30-18/h2-12H,1H3,(H,23,26)(H,25,27)/b24-13+. The van der Waals surface area contributed by atoms with Gasteiger partial charge in [0.1, 0.15) is 10.6 Å². The number of hydrogen-bond donors (Lipinski definition) is 2. The van der Waals surface area contributed by atoms with Crippen LogP contribution in [-0.2, 0) is 9.59 Å². The molecule has 3 rings (SSSR count). The summed E-state index contributed by atoms with van der Waals surface area (Å²) >= 11 is 7.06. The zero-order valence-corrected chi connectivity index (χ0v) is 17.3. The number of hydrazone groups is 1. The van der Waals surface area contributed by atoms with Crippen molar-refractivity contribution in [2.45, 2.75) is 6.92 Å². The summed E-state index contributed by atoms with van der Waals surface area (Å²) < 4.78 is 5.44. The van der Waals surface area contributed by atoms with Crippen LogP contribution in [0.3, 0.4) is 0 Å². The van der Waals surface area contributed by atoms with Gasteiger partial charge in [-0.2, -0.15) is 5.10 Å². The van der Waals surface area contributed by atoms with Crippen LogP contribution in [0.1, 0.15) is 22.2 Å². The normalized spacial score (nSPS) is 10.9. The summed E-state index contributed by atoms with van der Waals surface area (Å²) in [4.78, 5) is 36.7. The van der Waals surface area contributed by atoms with Crippen molar-refractivity contribution in [1.82, 2.24) is 5.43 Å². The lowest BCUT2D eigenvalue weighted by molar-refractivity contribution is -0.136. The lowest BCUT2D eigenvalue weighted by Crippen LogP contribution is -2.33. The number of carbonyl (C=O) groups is 3. The molecule has 7 nitrogen and oxygen atoms in total. The highest BCUT2D eigenvalue weighted by atomic mass is 35.5. The zero-order chi connectivity index (χ0) is 21.5. The third-order valence-corrected chi connectivity index (χ3v) is 4.94. The van der Waals surface area contributed by atoms with Gasteiger partial charge in [-0.3, -0.25) is 9.59 Å². The molecule has 0 saturated heterocycles. The number of ether oxygens (including phenoxy) is 1. The highest BCUT2D eigenvalue weighted by molar-refractivity contribution is 7.12. The average Bonchev–Trinajstić information content (AvgIpc) is 3.29.